The van der Waals surface area contributed by atoms with Crippen LogP contribution in [0, 0.1) is 6.92 Å². The van der Waals surface area contributed by atoms with Crippen LogP contribution in [0.1, 0.15) is 42.9 Å². The fourth-order valence-electron chi connectivity index (χ4n) is 3.10. The quantitative estimate of drug-likeness (QED) is 0.454. The van der Waals surface area contributed by atoms with E-state index < -0.39 is 0 Å². The second-order valence-corrected chi connectivity index (χ2v) is 8.17. The summed E-state index contributed by atoms with van der Waals surface area (Å²) in [6.45, 7) is 4.73. The van der Waals surface area contributed by atoms with Gasteiger partial charge in [-0.25, -0.2) is 0 Å². The molecule has 1 fully saturated rings. The van der Waals surface area contributed by atoms with E-state index in [9.17, 15) is 4.79 Å². The third kappa shape index (κ3) is 5.48. The van der Waals surface area contributed by atoms with Crippen LogP contribution < -0.4 is 4.74 Å². The average Bonchev–Trinajstić information content (AvgIpc) is 3.03. The van der Waals surface area contributed by atoms with Crippen molar-refractivity contribution < 1.29 is 9.53 Å². The number of amidine groups is 1. The zero-order chi connectivity index (χ0) is 20.6. The number of methoxy groups -OCH3 is 1. The van der Waals surface area contributed by atoms with Gasteiger partial charge in [-0.05, 0) is 54.3 Å². The molecule has 0 saturated carbocycles. The first kappa shape index (κ1) is 21.1. The normalized spacial score (nSPS) is 18.2. The number of aryl methyl sites for hydroxylation is 1. The fourth-order valence-corrected chi connectivity index (χ4v) is 4.24. The summed E-state index contributed by atoms with van der Waals surface area (Å²) in [6.07, 6.45) is 4.67. The molecule has 0 spiro atoms. The Balaban J connectivity index is 1.79. The van der Waals surface area contributed by atoms with E-state index in [1.54, 1.807) is 18.2 Å². The van der Waals surface area contributed by atoms with E-state index in [2.05, 4.69) is 36.2 Å². The number of carbonyl (C=O) groups is 1. The third-order valence-electron chi connectivity index (χ3n) is 4.90. The maximum Gasteiger partial charge on any atom is 0.242 e. The molecular weight excluding hydrogens is 382 g/mol. The minimum atomic E-state index is -0.0751. The van der Waals surface area contributed by atoms with E-state index in [1.165, 1.54) is 17.3 Å². The molecule has 1 atom stereocenters. The molecule has 0 aromatic heterocycles. The van der Waals surface area contributed by atoms with Gasteiger partial charge in [0.25, 0.3) is 0 Å². The SMILES string of the molecule is CCCCC1S/C(=N/N=C/c2ccc(OC)cc2)N(Cc2ccccc2C)C1=O. The van der Waals surface area contributed by atoms with E-state index >= 15 is 0 Å². The van der Waals surface area contributed by atoms with Crippen molar-refractivity contribution in [1.82, 2.24) is 4.90 Å². The summed E-state index contributed by atoms with van der Waals surface area (Å²) in [5, 5.41) is 9.25. The smallest absolute Gasteiger partial charge is 0.242 e. The first-order valence-electron chi connectivity index (χ1n) is 9.90. The summed E-state index contributed by atoms with van der Waals surface area (Å²) in [6, 6.07) is 15.7. The van der Waals surface area contributed by atoms with Crippen LogP contribution in [-0.2, 0) is 11.3 Å². The van der Waals surface area contributed by atoms with Crippen LogP contribution in [0.3, 0.4) is 0 Å². The summed E-state index contributed by atoms with van der Waals surface area (Å²) < 4.78 is 5.17. The number of rotatable bonds is 8. The predicted molar refractivity (Wildman–Crippen MR) is 121 cm³/mol. The Morgan fingerprint density at radius 3 is 2.62 bits per heavy atom. The minimum Gasteiger partial charge on any atom is -0.497 e. The molecule has 6 heteroatoms. The number of thioether (sulfide) groups is 1. The lowest BCUT2D eigenvalue weighted by Gasteiger charge is -2.17. The molecule has 152 valence electrons. The largest absolute Gasteiger partial charge is 0.497 e. The number of unbranched alkanes of at least 4 members (excludes halogenated alkanes) is 1. The van der Waals surface area contributed by atoms with Crippen LogP contribution in [0.4, 0.5) is 0 Å². The Kier molecular flexibility index (Phi) is 7.47. The first-order valence-corrected chi connectivity index (χ1v) is 10.8. The van der Waals surface area contributed by atoms with Crippen molar-refractivity contribution in [2.45, 2.75) is 44.9 Å². The molecule has 5 nitrogen and oxygen atoms in total. The van der Waals surface area contributed by atoms with Gasteiger partial charge in [-0.15, -0.1) is 5.10 Å². The molecule has 0 bridgehead atoms. The number of nitrogens with zero attached hydrogens (tertiary/aromatic N) is 3. The predicted octanol–water partition coefficient (Wildman–Crippen LogP) is 5.03. The van der Waals surface area contributed by atoms with Gasteiger partial charge in [-0.2, -0.15) is 5.10 Å². The number of hydrogen-bond donors (Lipinski definition) is 0. The molecule has 1 unspecified atom stereocenters. The van der Waals surface area contributed by atoms with Crippen molar-refractivity contribution in [3.8, 4) is 5.75 Å². The van der Waals surface area contributed by atoms with Gasteiger partial charge in [0.1, 0.15) is 5.75 Å². The maximum atomic E-state index is 13.0. The first-order chi connectivity index (χ1) is 14.1. The molecule has 2 aromatic rings. The summed E-state index contributed by atoms with van der Waals surface area (Å²) in [5.41, 5.74) is 3.23. The van der Waals surface area contributed by atoms with Gasteiger partial charge in [0, 0.05) is 0 Å². The molecule has 1 heterocycles. The van der Waals surface area contributed by atoms with Crippen LogP contribution in [-0.4, -0.2) is 34.5 Å². The zero-order valence-electron chi connectivity index (χ0n) is 17.2. The lowest BCUT2D eigenvalue weighted by atomic mass is 10.1. The Morgan fingerprint density at radius 2 is 1.93 bits per heavy atom. The summed E-state index contributed by atoms with van der Waals surface area (Å²) in [4.78, 5) is 14.8. The monoisotopic (exact) mass is 409 g/mol. The Labute approximate surface area is 176 Å². The summed E-state index contributed by atoms with van der Waals surface area (Å²) >= 11 is 1.53. The van der Waals surface area contributed by atoms with Gasteiger partial charge in [-0.1, -0.05) is 55.8 Å². The number of ether oxygens (including phenoxy) is 1. The highest BCUT2D eigenvalue weighted by Crippen LogP contribution is 2.32. The van der Waals surface area contributed by atoms with Crippen molar-refractivity contribution in [3.05, 3.63) is 65.2 Å². The van der Waals surface area contributed by atoms with Crippen LogP contribution in [0.25, 0.3) is 0 Å². The Bertz CT molecular complexity index is 893. The van der Waals surface area contributed by atoms with Gasteiger partial charge in [0.2, 0.25) is 5.91 Å². The van der Waals surface area contributed by atoms with Crippen LogP contribution in [0.15, 0.2) is 58.7 Å². The number of benzene rings is 2. The van der Waals surface area contributed by atoms with Gasteiger partial charge in [0.05, 0.1) is 25.1 Å². The maximum absolute atomic E-state index is 13.0. The summed E-state index contributed by atoms with van der Waals surface area (Å²) in [7, 11) is 1.64. The molecular formula is C23H27N3O2S. The zero-order valence-corrected chi connectivity index (χ0v) is 18.0. The number of carbonyl (C=O) groups excluding carboxylic acids is 1. The number of hydrogen-bond acceptors (Lipinski definition) is 5. The molecule has 29 heavy (non-hydrogen) atoms. The molecule has 1 aliphatic rings. The van der Waals surface area contributed by atoms with Gasteiger partial charge in [0.15, 0.2) is 5.17 Å². The van der Waals surface area contributed by atoms with E-state index in [-0.39, 0.29) is 11.2 Å². The molecule has 1 saturated heterocycles. The second kappa shape index (κ2) is 10.3. The lowest BCUT2D eigenvalue weighted by Crippen LogP contribution is -2.31. The molecule has 3 rings (SSSR count). The lowest BCUT2D eigenvalue weighted by molar-refractivity contribution is -0.126. The topological polar surface area (TPSA) is 54.3 Å². The molecule has 0 N–H and O–H groups in total. The third-order valence-corrected chi connectivity index (χ3v) is 6.13. The van der Waals surface area contributed by atoms with Crippen molar-refractivity contribution in [1.29, 1.82) is 0 Å². The minimum absolute atomic E-state index is 0.0751. The van der Waals surface area contributed by atoms with E-state index in [1.807, 2.05) is 36.4 Å². The highest BCUT2D eigenvalue weighted by Gasteiger charge is 2.37. The second-order valence-electron chi connectivity index (χ2n) is 7.00. The average molecular weight is 410 g/mol. The fraction of sp³-hybridized carbons (Fsp3) is 0.348. The van der Waals surface area contributed by atoms with E-state index in [0.717, 1.165) is 36.1 Å². The standard InChI is InChI=1S/C23H27N3O2S/c1-4-5-10-21-22(27)26(16-19-9-7-6-8-17(19)2)23(29-21)25-24-15-18-11-13-20(28-3)14-12-18/h6-9,11-15,21H,4-5,10,16H2,1-3H3/b24-15+,25-23+. The van der Waals surface area contributed by atoms with Crippen LogP contribution in [0.2, 0.25) is 0 Å². The van der Waals surface area contributed by atoms with Crippen molar-refractivity contribution >= 4 is 29.1 Å². The van der Waals surface area contributed by atoms with Crippen molar-refractivity contribution in [2.75, 3.05) is 7.11 Å². The molecule has 1 aliphatic heterocycles. The Hall–Kier alpha value is -2.60. The van der Waals surface area contributed by atoms with Gasteiger partial charge >= 0.3 is 0 Å². The van der Waals surface area contributed by atoms with Crippen molar-refractivity contribution in [3.63, 3.8) is 0 Å². The molecule has 0 aliphatic carbocycles. The Morgan fingerprint density at radius 1 is 1.17 bits per heavy atom. The van der Waals surface area contributed by atoms with E-state index in [4.69, 9.17) is 4.74 Å². The molecule has 1 amide bonds. The van der Waals surface area contributed by atoms with Crippen molar-refractivity contribution in [2.24, 2.45) is 10.2 Å². The molecule has 0 radical (unpaired) electrons. The highest BCUT2D eigenvalue weighted by molar-refractivity contribution is 8.15. The van der Waals surface area contributed by atoms with Crippen LogP contribution >= 0.6 is 11.8 Å². The van der Waals surface area contributed by atoms with E-state index in [0.29, 0.717) is 11.7 Å². The highest BCUT2D eigenvalue weighted by atomic mass is 32.2. The van der Waals surface area contributed by atoms with Gasteiger partial charge in [-0.3, -0.25) is 9.69 Å². The number of amides is 1. The summed E-state index contributed by atoms with van der Waals surface area (Å²) in [5.74, 6) is 0.929. The van der Waals surface area contributed by atoms with Gasteiger partial charge < -0.3 is 4.74 Å². The van der Waals surface area contributed by atoms with Crippen LogP contribution in [0.5, 0.6) is 5.75 Å². The molecule has 2 aromatic carbocycles.